The van der Waals surface area contributed by atoms with Crippen molar-refractivity contribution in [2.75, 3.05) is 0 Å². The highest BCUT2D eigenvalue weighted by molar-refractivity contribution is 6.20. The van der Waals surface area contributed by atoms with Crippen LogP contribution in [0.25, 0.3) is 0 Å². The summed E-state index contributed by atoms with van der Waals surface area (Å²) in [6.07, 6.45) is 8.69. The highest BCUT2D eigenvalue weighted by Gasteiger charge is 2.54. The highest BCUT2D eigenvalue weighted by atomic mass is 35.5. The largest absolute Gasteiger partial charge is 0.359 e. The van der Waals surface area contributed by atoms with E-state index < -0.39 is 0 Å². The molecule has 1 atom stereocenters. The molecule has 0 radical (unpaired) electrons. The van der Waals surface area contributed by atoms with Crippen LogP contribution in [-0.2, 0) is 4.74 Å². The molecule has 0 amide bonds. The third-order valence-electron chi connectivity index (χ3n) is 4.96. The Labute approximate surface area is 104 Å². The molecule has 0 aliphatic heterocycles. The van der Waals surface area contributed by atoms with E-state index in [1.165, 1.54) is 38.5 Å². The Morgan fingerprint density at radius 1 is 1.00 bits per heavy atom. The summed E-state index contributed by atoms with van der Waals surface area (Å²) in [7, 11) is 0. The van der Waals surface area contributed by atoms with Crippen molar-refractivity contribution in [2.45, 2.75) is 64.0 Å². The lowest BCUT2D eigenvalue weighted by Crippen LogP contribution is -2.51. The van der Waals surface area contributed by atoms with Gasteiger partial charge in [-0.25, -0.2) is 0 Å². The maximum absolute atomic E-state index is 6.57. The zero-order valence-corrected chi connectivity index (χ0v) is 11.2. The minimum absolute atomic E-state index is 0.0408. The monoisotopic (exact) mass is 242 g/mol. The van der Waals surface area contributed by atoms with Crippen LogP contribution in [0, 0.1) is 23.2 Å². The van der Waals surface area contributed by atoms with Crippen LogP contribution in [0.3, 0.4) is 0 Å². The first kappa shape index (κ1) is 11.3. The molecule has 4 fully saturated rings. The van der Waals surface area contributed by atoms with Gasteiger partial charge in [0.2, 0.25) is 0 Å². The number of hydrogen-bond acceptors (Lipinski definition) is 1. The van der Waals surface area contributed by atoms with E-state index in [9.17, 15) is 0 Å². The Morgan fingerprint density at radius 3 is 1.81 bits per heavy atom. The molecular formula is C14H23ClO. The lowest BCUT2D eigenvalue weighted by Gasteiger charge is -2.58. The minimum Gasteiger partial charge on any atom is -0.359 e. The van der Waals surface area contributed by atoms with Gasteiger partial charge in [0.05, 0.1) is 6.10 Å². The first-order valence-electron chi connectivity index (χ1n) is 6.87. The standard InChI is InChI=1S/C14H23ClO/c1-9(2)16-13(15)14-6-10-3-11(7-14)5-12(4-10)8-14/h9-13H,3-8H2,1-2H3. The van der Waals surface area contributed by atoms with Gasteiger partial charge in [-0.05, 0) is 70.1 Å². The second-order valence-corrected chi connectivity index (χ2v) is 7.18. The van der Waals surface area contributed by atoms with Crippen molar-refractivity contribution < 1.29 is 4.74 Å². The quantitative estimate of drug-likeness (QED) is 0.675. The maximum Gasteiger partial charge on any atom is 0.137 e. The molecule has 0 saturated heterocycles. The Bertz CT molecular complexity index is 239. The first-order chi connectivity index (χ1) is 7.57. The van der Waals surface area contributed by atoms with E-state index >= 15 is 0 Å². The van der Waals surface area contributed by atoms with E-state index in [2.05, 4.69) is 13.8 Å². The van der Waals surface area contributed by atoms with Crippen LogP contribution >= 0.6 is 11.6 Å². The molecule has 1 unspecified atom stereocenters. The van der Waals surface area contributed by atoms with Crippen molar-refractivity contribution in [1.29, 1.82) is 0 Å². The molecule has 4 aliphatic rings. The number of rotatable bonds is 3. The molecule has 16 heavy (non-hydrogen) atoms. The topological polar surface area (TPSA) is 9.23 Å². The molecule has 0 spiro atoms. The van der Waals surface area contributed by atoms with E-state index in [1.807, 2.05) is 0 Å². The van der Waals surface area contributed by atoms with Crippen molar-refractivity contribution in [3.63, 3.8) is 0 Å². The van der Waals surface area contributed by atoms with Gasteiger partial charge in [-0.15, -0.1) is 0 Å². The Balaban J connectivity index is 1.77. The van der Waals surface area contributed by atoms with E-state index in [4.69, 9.17) is 16.3 Å². The summed E-state index contributed by atoms with van der Waals surface area (Å²) >= 11 is 6.57. The molecule has 4 rings (SSSR count). The van der Waals surface area contributed by atoms with Crippen LogP contribution in [0.2, 0.25) is 0 Å². The van der Waals surface area contributed by atoms with Gasteiger partial charge in [-0.2, -0.15) is 0 Å². The molecule has 92 valence electrons. The second-order valence-electron chi connectivity index (χ2n) is 6.78. The van der Waals surface area contributed by atoms with Crippen molar-refractivity contribution in [2.24, 2.45) is 23.2 Å². The Kier molecular flexibility index (Phi) is 2.75. The molecule has 2 heteroatoms. The molecule has 0 aromatic carbocycles. The average molecular weight is 243 g/mol. The summed E-state index contributed by atoms with van der Waals surface area (Å²) in [5.41, 5.74) is 0.293. The first-order valence-corrected chi connectivity index (χ1v) is 7.30. The van der Waals surface area contributed by atoms with Gasteiger partial charge in [0, 0.05) is 5.41 Å². The van der Waals surface area contributed by atoms with Gasteiger partial charge >= 0.3 is 0 Å². The summed E-state index contributed by atoms with van der Waals surface area (Å²) in [4.78, 5) is 0. The minimum atomic E-state index is -0.0408. The molecule has 1 nitrogen and oxygen atoms in total. The second kappa shape index (κ2) is 3.88. The van der Waals surface area contributed by atoms with Crippen molar-refractivity contribution >= 4 is 11.6 Å². The maximum atomic E-state index is 6.57. The predicted octanol–water partition coefficient (Wildman–Crippen LogP) is 4.19. The van der Waals surface area contributed by atoms with E-state index in [0.29, 0.717) is 5.41 Å². The lowest BCUT2D eigenvalue weighted by molar-refractivity contribution is -0.124. The summed E-state index contributed by atoms with van der Waals surface area (Å²) in [6, 6.07) is 0. The van der Waals surface area contributed by atoms with E-state index in [0.717, 1.165) is 17.8 Å². The third-order valence-corrected chi connectivity index (χ3v) is 5.52. The third kappa shape index (κ3) is 1.80. The number of ether oxygens (including phenoxy) is 1. The Hall–Kier alpha value is 0.250. The molecule has 0 heterocycles. The summed E-state index contributed by atoms with van der Waals surface area (Å²) in [5.74, 6) is 2.88. The normalized spacial score (nSPS) is 47.6. The fourth-order valence-electron chi connectivity index (χ4n) is 4.84. The molecule has 0 N–H and O–H groups in total. The zero-order chi connectivity index (χ0) is 11.3. The van der Waals surface area contributed by atoms with Crippen LogP contribution < -0.4 is 0 Å². The van der Waals surface area contributed by atoms with Crippen LogP contribution in [0.5, 0.6) is 0 Å². The van der Waals surface area contributed by atoms with Crippen molar-refractivity contribution in [3.05, 3.63) is 0 Å². The SMILES string of the molecule is CC(C)OC(Cl)C12CC3CC(CC(C3)C1)C2. The van der Waals surface area contributed by atoms with E-state index in [1.54, 1.807) is 0 Å². The van der Waals surface area contributed by atoms with Crippen LogP contribution in [-0.4, -0.2) is 11.7 Å². The molecule has 4 bridgehead atoms. The number of halogens is 1. The predicted molar refractivity (Wildman–Crippen MR) is 66.5 cm³/mol. The number of alkyl halides is 1. The van der Waals surface area contributed by atoms with E-state index in [-0.39, 0.29) is 11.7 Å². The summed E-state index contributed by atoms with van der Waals surface area (Å²) < 4.78 is 5.90. The van der Waals surface area contributed by atoms with Crippen molar-refractivity contribution in [1.82, 2.24) is 0 Å². The molecule has 4 aliphatic carbocycles. The van der Waals surface area contributed by atoms with Crippen LogP contribution in [0.4, 0.5) is 0 Å². The number of hydrogen-bond donors (Lipinski definition) is 0. The van der Waals surface area contributed by atoms with Crippen LogP contribution in [0.1, 0.15) is 52.4 Å². The molecule has 4 saturated carbocycles. The highest BCUT2D eigenvalue weighted by Crippen LogP contribution is 2.62. The fourth-order valence-corrected chi connectivity index (χ4v) is 5.31. The molecule has 0 aromatic heterocycles. The summed E-state index contributed by atoms with van der Waals surface area (Å²) in [6.45, 7) is 4.19. The fraction of sp³-hybridized carbons (Fsp3) is 1.00. The average Bonchev–Trinajstić information content (AvgIpc) is 2.13. The summed E-state index contributed by atoms with van der Waals surface area (Å²) in [5, 5.41) is 0. The van der Waals surface area contributed by atoms with Crippen molar-refractivity contribution in [3.8, 4) is 0 Å². The van der Waals surface area contributed by atoms with Gasteiger partial charge < -0.3 is 4.74 Å². The Morgan fingerprint density at radius 2 is 1.44 bits per heavy atom. The van der Waals surface area contributed by atoms with Crippen LogP contribution in [0.15, 0.2) is 0 Å². The lowest BCUT2D eigenvalue weighted by atomic mass is 9.50. The van der Waals surface area contributed by atoms with Gasteiger partial charge in [0.15, 0.2) is 0 Å². The van der Waals surface area contributed by atoms with Gasteiger partial charge in [0.1, 0.15) is 5.56 Å². The molecule has 0 aromatic rings. The zero-order valence-electron chi connectivity index (χ0n) is 10.4. The van der Waals surface area contributed by atoms with Gasteiger partial charge in [0.25, 0.3) is 0 Å². The molecular weight excluding hydrogens is 220 g/mol. The van der Waals surface area contributed by atoms with Gasteiger partial charge in [-0.3, -0.25) is 0 Å². The smallest absolute Gasteiger partial charge is 0.137 e. The van der Waals surface area contributed by atoms with Gasteiger partial charge in [-0.1, -0.05) is 11.6 Å².